The molecule has 2 aliphatic rings. The first-order valence-corrected chi connectivity index (χ1v) is 9.17. The van der Waals surface area contributed by atoms with Gasteiger partial charge in [-0.25, -0.2) is 0 Å². The Bertz CT molecular complexity index is 805. The first-order chi connectivity index (χ1) is 11.8. The second-order valence-electron chi connectivity index (χ2n) is 7.18. The van der Waals surface area contributed by atoms with Crippen LogP contribution in [0.2, 0.25) is 0 Å². The zero-order chi connectivity index (χ0) is 16.5. The minimum Gasteiger partial charge on any atom is -0.360 e. The third kappa shape index (κ3) is 2.64. The number of benzene rings is 1. The Morgan fingerprint density at radius 1 is 1.04 bits per heavy atom. The van der Waals surface area contributed by atoms with Gasteiger partial charge in [0.15, 0.2) is 0 Å². The Balaban J connectivity index is 1.65. The van der Waals surface area contributed by atoms with Crippen LogP contribution in [0.4, 0.5) is 0 Å². The Morgan fingerprint density at radius 3 is 2.67 bits per heavy atom. The highest BCUT2D eigenvalue weighted by atomic mass is 16.2. The van der Waals surface area contributed by atoms with Crippen LogP contribution < -0.4 is 5.43 Å². The fraction of sp³-hybridized carbons (Fsp3) is 0.500. The van der Waals surface area contributed by atoms with E-state index in [2.05, 4.69) is 4.98 Å². The second-order valence-corrected chi connectivity index (χ2v) is 7.18. The van der Waals surface area contributed by atoms with E-state index in [0.29, 0.717) is 17.3 Å². The third-order valence-corrected chi connectivity index (χ3v) is 5.77. The van der Waals surface area contributed by atoms with Gasteiger partial charge in [-0.1, -0.05) is 31.4 Å². The molecule has 1 aliphatic heterocycles. The number of nitrogens with one attached hydrogen (secondary N) is 1. The summed E-state index contributed by atoms with van der Waals surface area (Å²) in [6.07, 6.45) is 10.1. The van der Waals surface area contributed by atoms with Crippen LogP contribution in [0.15, 0.2) is 35.3 Å². The van der Waals surface area contributed by atoms with E-state index in [0.717, 1.165) is 24.9 Å². The maximum Gasteiger partial charge on any atom is 0.259 e. The lowest BCUT2D eigenvalue weighted by Crippen LogP contribution is -2.42. The molecule has 1 amide bonds. The lowest BCUT2D eigenvalue weighted by atomic mass is 9.83. The molecule has 0 unspecified atom stereocenters. The first kappa shape index (κ1) is 15.4. The summed E-state index contributed by atoms with van der Waals surface area (Å²) in [7, 11) is 0. The highest BCUT2D eigenvalue weighted by molar-refractivity contribution is 5.97. The SMILES string of the molecule is O=C(c1c[nH]c2ccccc2c1=O)N1CCC[C@H]1C1CCCCC1. The number of H-pyrrole nitrogens is 1. The molecule has 1 aromatic heterocycles. The number of carbonyl (C=O) groups is 1. The van der Waals surface area contributed by atoms with Gasteiger partial charge in [0.2, 0.25) is 5.43 Å². The molecule has 1 aromatic carbocycles. The van der Waals surface area contributed by atoms with E-state index in [4.69, 9.17) is 0 Å². The van der Waals surface area contributed by atoms with Crippen LogP contribution in [0.25, 0.3) is 10.9 Å². The molecular weight excluding hydrogens is 300 g/mol. The predicted molar refractivity (Wildman–Crippen MR) is 95.2 cm³/mol. The molecule has 126 valence electrons. The molecule has 4 heteroatoms. The molecule has 0 bridgehead atoms. The molecule has 1 saturated heterocycles. The van der Waals surface area contributed by atoms with Crippen molar-refractivity contribution in [1.82, 2.24) is 9.88 Å². The van der Waals surface area contributed by atoms with Gasteiger partial charge in [0, 0.05) is 29.7 Å². The van der Waals surface area contributed by atoms with E-state index in [9.17, 15) is 9.59 Å². The van der Waals surface area contributed by atoms with Gasteiger partial charge in [0.05, 0.1) is 0 Å². The van der Waals surface area contributed by atoms with Gasteiger partial charge in [-0.2, -0.15) is 0 Å². The number of aromatic amines is 1. The van der Waals surface area contributed by atoms with E-state index < -0.39 is 0 Å². The standard InChI is InChI=1S/C20H24N2O2/c23-19-15-9-4-5-10-17(15)21-13-16(19)20(24)22-12-6-11-18(22)14-7-2-1-3-8-14/h4-5,9-10,13-14,18H,1-3,6-8,11-12H2,(H,21,23)/t18-/m0/s1. The summed E-state index contributed by atoms with van der Waals surface area (Å²) in [6.45, 7) is 0.784. The number of rotatable bonds is 2. The topological polar surface area (TPSA) is 53.2 Å². The summed E-state index contributed by atoms with van der Waals surface area (Å²) in [6, 6.07) is 7.70. The van der Waals surface area contributed by atoms with Crippen LogP contribution in [0, 0.1) is 5.92 Å². The molecule has 1 N–H and O–H groups in total. The molecule has 1 saturated carbocycles. The fourth-order valence-electron chi connectivity index (χ4n) is 4.53. The number of fused-ring (bicyclic) bond motifs is 1. The molecule has 2 aromatic rings. The number of para-hydroxylation sites is 1. The van der Waals surface area contributed by atoms with Gasteiger partial charge in [-0.3, -0.25) is 9.59 Å². The average molecular weight is 324 g/mol. The summed E-state index contributed by atoms with van der Waals surface area (Å²) >= 11 is 0. The minimum absolute atomic E-state index is 0.0879. The Morgan fingerprint density at radius 2 is 1.83 bits per heavy atom. The largest absolute Gasteiger partial charge is 0.360 e. The zero-order valence-electron chi connectivity index (χ0n) is 14.0. The van der Waals surface area contributed by atoms with Crippen LogP contribution in [0.3, 0.4) is 0 Å². The summed E-state index contributed by atoms with van der Waals surface area (Å²) in [5.41, 5.74) is 0.921. The monoisotopic (exact) mass is 324 g/mol. The molecule has 2 heterocycles. The van der Waals surface area contributed by atoms with Crippen LogP contribution in [-0.4, -0.2) is 28.4 Å². The fourth-order valence-corrected chi connectivity index (χ4v) is 4.53. The summed E-state index contributed by atoms with van der Waals surface area (Å²) in [4.78, 5) is 30.9. The van der Waals surface area contributed by atoms with E-state index >= 15 is 0 Å². The Labute approximate surface area is 141 Å². The second kappa shape index (κ2) is 6.42. The van der Waals surface area contributed by atoms with Gasteiger partial charge >= 0.3 is 0 Å². The molecule has 2 fully saturated rings. The highest BCUT2D eigenvalue weighted by Crippen LogP contribution is 2.34. The van der Waals surface area contributed by atoms with Crippen LogP contribution >= 0.6 is 0 Å². The van der Waals surface area contributed by atoms with Crippen molar-refractivity contribution in [2.75, 3.05) is 6.54 Å². The van der Waals surface area contributed by atoms with Crippen LogP contribution in [0.5, 0.6) is 0 Å². The maximum atomic E-state index is 13.1. The third-order valence-electron chi connectivity index (χ3n) is 5.77. The lowest BCUT2D eigenvalue weighted by molar-refractivity contribution is 0.0660. The molecule has 24 heavy (non-hydrogen) atoms. The first-order valence-electron chi connectivity index (χ1n) is 9.17. The highest BCUT2D eigenvalue weighted by Gasteiger charge is 2.36. The Kier molecular flexibility index (Phi) is 4.13. The summed E-state index contributed by atoms with van der Waals surface area (Å²) in [5.74, 6) is 0.528. The van der Waals surface area contributed by atoms with Crippen molar-refractivity contribution in [2.24, 2.45) is 5.92 Å². The van der Waals surface area contributed by atoms with Gasteiger partial charge in [-0.05, 0) is 43.7 Å². The van der Waals surface area contributed by atoms with Gasteiger partial charge in [0.1, 0.15) is 5.56 Å². The van der Waals surface area contributed by atoms with Crippen molar-refractivity contribution in [3.8, 4) is 0 Å². The van der Waals surface area contributed by atoms with Crippen molar-refractivity contribution >= 4 is 16.8 Å². The average Bonchev–Trinajstić information content (AvgIpc) is 3.12. The normalized spacial score (nSPS) is 22.2. The van der Waals surface area contributed by atoms with Gasteiger partial charge in [0.25, 0.3) is 5.91 Å². The van der Waals surface area contributed by atoms with Crippen molar-refractivity contribution in [2.45, 2.75) is 51.0 Å². The lowest BCUT2D eigenvalue weighted by Gasteiger charge is -2.34. The number of hydrogen-bond donors (Lipinski definition) is 1. The smallest absolute Gasteiger partial charge is 0.259 e. The van der Waals surface area contributed by atoms with E-state index in [-0.39, 0.29) is 16.9 Å². The molecule has 0 radical (unpaired) electrons. The zero-order valence-corrected chi connectivity index (χ0v) is 14.0. The number of hydrogen-bond acceptors (Lipinski definition) is 2. The Hall–Kier alpha value is -2.10. The molecule has 4 nitrogen and oxygen atoms in total. The number of amides is 1. The quantitative estimate of drug-likeness (QED) is 0.915. The predicted octanol–water partition coefficient (Wildman–Crippen LogP) is 3.71. The van der Waals surface area contributed by atoms with E-state index in [1.54, 1.807) is 12.3 Å². The minimum atomic E-state index is -0.149. The van der Waals surface area contributed by atoms with E-state index in [1.165, 1.54) is 32.1 Å². The number of pyridine rings is 1. The molecule has 1 aliphatic carbocycles. The number of likely N-dealkylation sites (tertiary alicyclic amines) is 1. The number of aromatic nitrogens is 1. The maximum absolute atomic E-state index is 13.1. The number of carbonyl (C=O) groups excluding carboxylic acids is 1. The summed E-state index contributed by atoms with van der Waals surface area (Å²) in [5, 5.41) is 0.594. The molecular formula is C20H24N2O2. The van der Waals surface area contributed by atoms with Crippen molar-refractivity contribution in [3.63, 3.8) is 0 Å². The van der Waals surface area contributed by atoms with Crippen LogP contribution in [-0.2, 0) is 0 Å². The molecule has 1 atom stereocenters. The van der Waals surface area contributed by atoms with E-state index in [1.807, 2.05) is 23.1 Å². The van der Waals surface area contributed by atoms with Crippen molar-refractivity contribution < 1.29 is 4.79 Å². The van der Waals surface area contributed by atoms with Gasteiger partial charge in [-0.15, -0.1) is 0 Å². The molecule has 0 spiro atoms. The molecule has 4 rings (SSSR count). The van der Waals surface area contributed by atoms with Crippen molar-refractivity contribution in [1.29, 1.82) is 0 Å². The van der Waals surface area contributed by atoms with Gasteiger partial charge < -0.3 is 9.88 Å². The summed E-state index contributed by atoms with van der Waals surface area (Å²) < 4.78 is 0. The van der Waals surface area contributed by atoms with Crippen LogP contribution in [0.1, 0.15) is 55.3 Å². The number of nitrogens with zero attached hydrogens (tertiary/aromatic N) is 1. The van der Waals surface area contributed by atoms with Crippen molar-refractivity contribution in [3.05, 3.63) is 46.2 Å².